The van der Waals surface area contributed by atoms with E-state index in [0.717, 1.165) is 18.2 Å². The molecule has 0 radical (unpaired) electrons. The van der Waals surface area contributed by atoms with E-state index in [9.17, 15) is 13.6 Å². The van der Waals surface area contributed by atoms with Gasteiger partial charge in [-0.05, 0) is 30.3 Å². The molecule has 6 heteroatoms. The Hall–Kier alpha value is -2.14. The van der Waals surface area contributed by atoms with Crippen molar-refractivity contribution in [1.29, 1.82) is 0 Å². The molecule has 3 nitrogen and oxygen atoms in total. The van der Waals surface area contributed by atoms with Crippen LogP contribution in [0.3, 0.4) is 0 Å². The summed E-state index contributed by atoms with van der Waals surface area (Å²) in [5, 5.41) is 5.66. The summed E-state index contributed by atoms with van der Waals surface area (Å²) in [5.41, 5.74) is 0.878. The fourth-order valence-electron chi connectivity index (χ4n) is 1.75. The molecule has 20 heavy (non-hydrogen) atoms. The predicted molar refractivity (Wildman–Crippen MR) is 75.3 cm³/mol. The van der Waals surface area contributed by atoms with Crippen LogP contribution in [-0.4, -0.2) is 13.0 Å². The van der Waals surface area contributed by atoms with Crippen LogP contribution in [-0.2, 0) is 0 Å². The second kappa shape index (κ2) is 5.88. The molecular formula is C14H11ClF2N2O. The van der Waals surface area contributed by atoms with E-state index >= 15 is 0 Å². The van der Waals surface area contributed by atoms with Gasteiger partial charge in [-0.3, -0.25) is 4.79 Å². The molecule has 0 spiro atoms. The van der Waals surface area contributed by atoms with E-state index < -0.39 is 17.5 Å². The molecule has 2 N–H and O–H groups in total. The van der Waals surface area contributed by atoms with Crippen LogP contribution in [0.5, 0.6) is 0 Å². The Labute approximate surface area is 119 Å². The number of nitrogens with one attached hydrogen (secondary N) is 2. The molecule has 2 aromatic carbocycles. The lowest BCUT2D eigenvalue weighted by atomic mass is 10.1. The Bertz CT molecular complexity index is 641. The average molecular weight is 297 g/mol. The highest BCUT2D eigenvalue weighted by Gasteiger charge is 2.12. The Morgan fingerprint density at radius 1 is 1.10 bits per heavy atom. The first kappa shape index (κ1) is 14.3. The summed E-state index contributed by atoms with van der Waals surface area (Å²) in [5.74, 6) is -2.04. The van der Waals surface area contributed by atoms with E-state index in [-0.39, 0.29) is 11.3 Å². The van der Waals surface area contributed by atoms with Crippen molar-refractivity contribution in [2.45, 2.75) is 0 Å². The topological polar surface area (TPSA) is 41.1 Å². The number of halogens is 3. The summed E-state index contributed by atoms with van der Waals surface area (Å²) >= 11 is 5.84. The minimum Gasteiger partial charge on any atom is -0.387 e. The summed E-state index contributed by atoms with van der Waals surface area (Å²) in [6.07, 6.45) is 0. The van der Waals surface area contributed by atoms with Crippen LogP contribution in [0.25, 0.3) is 0 Å². The van der Waals surface area contributed by atoms with Crippen molar-refractivity contribution in [3.05, 3.63) is 58.6 Å². The Morgan fingerprint density at radius 3 is 2.35 bits per heavy atom. The maximum Gasteiger partial charge on any atom is 0.257 e. The molecule has 0 unspecified atom stereocenters. The van der Waals surface area contributed by atoms with Gasteiger partial charge in [0, 0.05) is 29.5 Å². The molecule has 0 aliphatic heterocycles. The largest absolute Gasteiger partial charge is 0.387 e. The number of carbonyl (C=O) groups excluding carboxylic acids is 1. The van der Waals surface area contributed by atoms with Crippen LogP contribution in [0.15, 0.2) is 36.4 Å². The second-order valence-corrected chi connectivity index (χ2v) is 4.49. The van der Waals surface area contributed by atoms with Crippen molar-refractivity contribution < 1.29 is 13.6 Å². The Kier molecular flexibility index (Phi) is 4.20. The lowest BCUT2D eigenvalue weighted by Crippen LogP contribution is -2.14. The van der Waals surface area contributed by atoms with Crippen LogP contribution in [0, 0.1) is 11.6 Å². The van der Waals surface area contributed by atoms with Crippen molar-refractivity contribution in [3.63, 3.8) is 0 Å². The zero-order valence-electron chi connectivity index (χ0n) is 10.5. The van der Waals surface area contributed by atoms with Gasteiger partial charge in [0.2, 0.25) is 0 Å². The van der Waals surface area contributed by atoms with E-state index in [1.54, 1.807) is 19.2 Å². The number of carbonyl (C=O) groups is 1. The van der Waals surface area contributed by atoms with Crippen LogP contribution in [0.2, 0.25) is 5.02 Å². The van der Waals surface area contributed by atoms with E-state index in [1.165, 1.54) is 6.07 Å². The zero-order valence-corrected chi connectivity index (χ0v) is 11.3. The number of amides is 1. The van der Waals surface area contributed by atoms with Crippen molar-refractivity contribution in [2.75, 3.05) is 17.7 Å². The van der Waals surface area contributed by atoms with Gasteiger partial charge in [0.1, 0.15) is 11.6 Å². The summed E-state index contributed by atoms with van der Waals surface area (Å²) in [7, 11) is 1.65. The smallest absolute Gasteiger partial charge is 0.257 e. The average Bonchev–Trinajstić information content (AvgIpc) is 2.37. The van der Waals surface area contributed by atoms with Gasteiger partial charge in [0.05, 0.1) is 5.56 Å². The molecule has 0 saturated carbocycles. The Balaban J connectivity index is 2.30. The maximum absolute atomic E-state index is 13.1. The Morgan fingerprint density at radius 2 is 1.75 bits per heavy atom. The first-order valence-corrected chi connectivity index (χ1v) is 6.12. The van der Waals surface area contributed by atoms with Crippen molar-refractivity contribution >= 4 is 28.9 Å². The molecule has 104 valence electrons. The molecule has 0 aliphatic carbocycles. The first-order chi connectivity index (χ1) is 9.49. The van der Waals surface area contributed by atoms with E-state index in [1.807, 2.05) is 0 Å². The maximum atomic E-state index is 13.1. The molecule has 1 amide bonds. The third-order valence-electron chi connectivity index (χ3n) is 2.62. The van der Waals surface area contributed by atoms with Crippen LogP contribution < -0.4 is 10.6 Å². The number of hydrogen-bond acceptors (Lipinski definition) is 2. The monoisotopic (exact) mass is 296 g/mol. The summed E-state index contributed by atoms with van der Waals surface area (Å²) in [6.45, 7) is 0. The number of hydrogen-bond donors (Lipinski definition) is 2. The molecule has 0 aromatic heterocycles. The summed E-state index contributed by atoms with van der Waals surface area (Å²) < 4.78 is 26.1. The van der Waals surface area contributed by atoms with Gasteiger partial charge >= 0.3 is 0 Å². The lowest BCUT2D eigenvalue weighted by molar-refractivity contribution is 0.102. The van der Waals surface area contributed by atoms with Crippen LogP contribution in [0.1, 0.15) is 10.4 Å². The number of anilines is 2. The van der Waals surface area contributed by atoms with Crippen LogP contribution >= 0.6 is 11.6 Å². The molecule has 0 aliphatic rings. The van der Waals surface area contributed by atoms with Gasteiger partial charge in [-0.25, -0.2) is 8.78 Å². The molecular weight excluding hydrogens is 286 g/mol. The molecule has 0 fully saturated rings. The van der Waals surface area contributed by atoms with E-state index in [0.29, 0.717) is 10.7 Å². The SMILES string of the molecule is CNc1ccc(Cl)cc1C(=O)Nc1cc(F)cc(F)c1. The van der Waals surface area contributed by atoms with Crippen molar-refractivity contribution in [1.82, 2.24) is 0 Å². The highest BCUT2D eigenvalue weighted by Crippen LogP contribution is 2.22. The van der Waals surface area contributed by atoms with E-state index in [2.05, 4.69) is 10.6 Å². The van der Waals surface area contributed by atoms with Crippen molar-refractivity contribution in [2.24, 2.45) is 0 Å². The minimum absolute atomic E-state index is 0.0366. The standard InChI is InChI=1S/C14H11ClF2N2O/c1-18-13-3-2-8(15)4-12(13)14(20)19-11-6-9(16)5-10(17)7-11/h2-7,18H,1H3,(H,19,20). The lowest BCUT2D eigenvalue weighted by Gasteiger charge is -2.10. The number of benzene rings is 2. The highest BCUT2D eigenvalue weighted by molar-refractivity contribution is 6.31. The number of rotatable bonds is 3. The van der Waals surface area contributed by atoms with Gasteiger partial charge in [0.15, 0.2) is 0 Å². The summed E-state index contributed by atoms with van der Waals surface area (Å²) in [6, 6.07) is 7.54. The fraction of sp³-hybridized carbons (Fsp3) is 0.0714. The van der Waals surface area contributed by atoms with Gasteiger partial charge in [0.25, 0.3) is 5.91 Å². The zero-order chi connectivity index (χ0) is 14.7. The second-order valence-electron chi connectivity index (χ2n) is 4.05. The minimum atomic E-state index is -0.764. The van der Waals surface area contributed by atoms with Crippen molar-refractivity contribution in [3.8, 4) is 0 Å². The third-order valence-corrected chi connectivity index (χ3v) is 2.85. The molecule has 0 atom stereocenters. The van der Waals surface area contributed by atoms with E-state index in [4.69, 9.17) is 11.6 Å². The van der Waals surface area contributed by atoms with Gasteiger partial charge in [-0.15, -0.1) is 0 Å². The highest BCUT2D eigenvalue weighted by atomic mass is 35.5. The van der Waals surface area contributed by atoms with Gasteiger partial charge in [-0.1, -0.05) is 11.6 Å². The molecule has 2 aromatic rings. The van der Waals surface area contributed by atoms with Gasteiger partial charge < -0.3 is 10.6 Å². The molecule has 0 saturated heterocycles. The van der Waals surface area contributed by atoms with Crippen LogP contribution in [0.4, 0.5) is 20.2 Å². The molecule has 0 heterocycles. The normalized spacial score (nSPS) is 10.2. The molecule has 2 rings (SSSR count). The first-order valence-electron chi connectivity index (χ1n) is 5.74. The van der Waals surface area contributed by atoms with Gasteiger partial charge in [-0.2, -0.15) is 0 Å². The summed E-state index contributed by atoms with van der Waals surface area (Å²) in [4.78, 5) is 12.1. The fourth-order valence-corrected chi connectivity index (χ4v) is 1.92. The molecule has 0 bridgehead atoms. The third kappa shape index (κ3) is 3.24. The quantitative estimate of drug-likeness (QED) is 0.901. The predicted octanol–water partition coefficient (Wildman–Crippen LogP) is 3.91.